The summed E-state index contributed by atoms with van der Waals surface area (Å²) >= 11 is 0. The van der Waals surface area contributed by atoms with Crippen molar-refractivity contribution < 1.29 is 19.2 Å². The summed E-state index contributed by atoms with van der Waals surface area (Å²) in [5.41, 5.74) is 0.483. The van der Waals surface area contributed by atoms with Crippen LogP contribution in [0, 0.1) is 0 Å². The first kappa shape index (κ1) is 24.0. The van der Waals surface area contributed by atoms with Gasteiger partial charge in [-0.15, -0.1) is 0 Å². The SMILES string of the molecule is CN(CC(=O)NC(C)(C)C)c1nc(-c2cc(OCC(C)(C)O)ccn2)nc2c1CC[P+]2=O. The molecule has 2 aromatic heterocycles. The zero-order chi connectivity index (χ0) is 23.7. The number of rotatable bonds is 7. The van der Waals surface area contributed by atoms with Gasteiger partial charge in [-0.25, -0.2) is 4.98 Å². The molecule has 1 amide bonds. The average Bonchev–Trinajstić information content (AvgIpc) is 3.05. The molecule has 9 nitrogen and oxygen atoms in total. The fraction of sp³-hybridized carbons (Fsp3) is 0.545. The largest absolute Gasteiger partial charge is 0.490 e. The molecule has 0 aliphatic carbocycles. The Morgan fingerprint density at radius 1 is 1.28 bits per heavy atom. The summed E-state index contributed by atoms with van der Waals surface area (Å²) in [5.74, 6) is 1.29. The topological polar surface area (TPSA) is 118 Å². The van der Waals surface area contributed by atoms with Gasteiger partial charge in [-0.3, -0.25) is 9.78 Å². The van der Waals surface area contributed by atoms with Gasteiger partial charge in [0.2, 0.25) is 5.91 Å². The van der Waals surface area contributed by atoms with Crippen LogP contribution in [0.25, 0.3) is 11.5 Å². The quantitative estimate of drug-likeness (QED) is 0.603. The number of hydrogen-bond donors (Lipinski definition) is 2. The second-order valence-corrected chi connectivity index (χ2v) is 11.3. The summed E-state index contributed by atoms with van der Waals surface area (Å²) in [6.45, 7) is 9.32. The molecule has 0 fully saturated rings. The molecule has 10 heteroatoms. The van der Waals surface area contributed by atoms with Crippen LogP contribution in [0.2, 0.25) is 0 Å². The molecule has 0 saturated carbocycles. The van der Waals surface area contributed by atoms with Crippen LogP contribution in [-0.2, 0) is 15.8 Å². The molecule has 172 valence electrons. The average molecular weight is 460 g/mol. The summed E-state index contributed by atoms with van der Waals surface area (Å²) in [6.07, 6.45) is 2.69. The van der Waals surface area contributed by atoms with Crippen LogP contribution in [0.4, 0.5) is 5.82 Å². The van der Waals surface area contributed by atoms with Crippen molar-refractivity contribution in [2.75, 3.05) is 31.3 Å². The van der Waals surface area contributed by atoms with Gasteiger partial charge in [0, 0.05) is 31.3 Å². The number of likely N-dealkylation sites (N-methyl/N-ethyl adjacent to an activating group) is 1. The van der Waals surface area contributed by atoms with Crippen molar-refractivity contribution in [3.63, 3.8) is 0 Å². The standard InChI is InChI=1S/C22H30N5O4P/c1-21(2,3)26-17(28)12-27(6)19-15-8-10-32(30)20(15)25-18(24-19)16-11-14(7-9-23-16)31-13-22(4,5)29/h7,9,11,29H,8,10,12-13H2,1-6H3/p+1. The Hall–Kier alpha value is -2.64. The van der Waals surface area contributed by atoms with E-state index < -0.39 is 13.4 Å². The third kappa shape index (κ3) is 6.20. The molecule has 32 heavy (non-hydrogen) atoms. The Labute approximate surface area is 189 Å². The highest BCUT2D eigenvalue weighted by Gasteiger charge is 2.38. The highest BCUT2D eigenvalue weighted by molar-refractivity contribution is 7.53. The predicted octanol–water partition coefficient (Wildman–Crippen LogP) is 2.05. The van der Waals surface area contributed by atoms with Crippen LogP contribution in [-0.4, -0.2) is 63.5 Å². The first-order valence-electron chi connectivity index (χ1n) is 10.5. The van der Waals surface area contributed by atoms with Gasteiger partial charge >= 0.3 is 7.80 Å². The van der Waals surface area contributed by atoms with Gasteiger partial charge in [0.15, 0.2) is 12.0 Å². The number of fused-ring (bicyclic) bond motifs is 1. The second-order valence-electron chi connectivity index (χ2n) is 9.66. The van der Waals surface area contributed by atoms with Crippen molar-refractivity contribution in [2.24, 2.45) is 0 Å². The lowest BCUT2D eigenvalue weighted by Gasteiger charge is -2.24. The minimum Gasteiger partial charge on any atom is -0.490 e. The normalized spacial score (nSPS) is 14.8. The van der Waals surface area contributed by atoms with Crippen molar-refractivity contribution in [1.82, 2.24) is 20.3 Å². The lowest BCUT2D eigenvalue weighted by Crippen LogP contribution is -2.45. The molecule has 0 bridgehead atoms. The third-order valence-corrected chi connectivity index (χ3v) is 6.05. The summed E-state index contributed by atoms with van der Waals surface area (Å²) in [5, 5.41) is 12.8. The Morgan fingerprint density at radius 3 is 2.66 bits per heavy atom. The lowest BCUT2D eigenvalue weighted by atomic mass is 10.1. The maximum absolute atomic E-state index is 12.6. The first-order valence-corrected chi connectivity index (χ1v) is 12.0. The number of anilines is 1. The molecule has 2 N–H and O–H groups in total. The number of nitrogens with one attached hydrogen (secondary N) is 1. The maximum Gasteiger partial charge on any atom is 0.397 e. The van der Waals surface area contributed by atoms with Crippen molar-refractivity contribution in [1.29, 1.82) is 0 Å². The molecular formula is C22H31N5O4P+. The van der Waals surface area contributed by atoms with Gasteiger partial charge in [-0.1, -0.05) is 4.57 Å². The van der Waals surface area contributed by atoms with Crippen molar-refractivity contribution >= 4 is 25.0 Å². The van der Waals surface area contributed by atoms with E-state index in [9.17, 15) is 14.5 Å². The van der Waals surface area contributed by atoms with Crippen LogP contribution < -0.4 is 20.4 Å². The second kappa shape index (κ2) is 9.08. The van der Waals surface area contributed by atoms with Gasteiger partial charge < -0.3 is 20.1 Å². The summed E-state index contributed by atoms with van der Waals surface area (Å²) in [4.78, 5) is 27.8. The van der Waals surface area contributed by atoms with E-state index in [0.717, 1.165) is 5.56 Å². The van der Waals surface area contributed by atoms with E-state index in [1.54, 1.807) is 44.1 Å². The number of aliphatic hydroxyl groups is 1. The fourth-order valence-corrected chi connectivity index (χ4v) is 4.63. The summed E-state index contributed by atoms with van der Waals surface area (Å²) < 4.78 is 18.3. The number of hydrogen-bond acceptors (Lipinski definition) is 8. The van der Waals surface area contributed by atoms with E-state index in [1.165, 1.54) is 0 Å². The number of aromatic nitrogens is 3. The number of carbonyl (C=O) groups excluding carboxylic acids is 1. The third-order valence-electron chi connectivity index (χ3n) is 4.57. The lowest BCUT2D eigenvalue weighted by molar-refractivity contribution is -0.121. The fourth-order valence-electron chi connectivity index (χ4n) is 3.27. The van der Waals surface area contributed by atoms with Gasteiger partial charge in [-0.2, -0.15) is 4.98 Å². The monoisotopic (exact) mass is 460 g/mol. The predicted molar refractivity (Wildman–Crippen MR) is 124 cm³/mol. The zero-order valence-corrected chi connectivity index (χ0v) is 20.4. The Balaban J connectivity index is 1.93. The number of amides is 1. The molecule has 1 unspecified atom stereocenters. The molecule has 3 rings (SSSR count). The number of nitrogens with zero attached hydrogens (tertiary/aromatic N) is 4. The molecule has 3 heterocycles. The van der Waals surface area contributed by atoms with E-state index in [4.69, 9.17) is 4.74 Å². The molecule has 0 saturated heterocycles. The molecule has 0 spiro atoms. The molecule has 1 aliphatic rings. The van der Waals surface area contributed by atoms with E-state index in [1.807, 2.05) is 20.8 Å². The van der Waals surface area contributed by atoms with E-state index >= 15 is 0 Å². The van der Waals surface area contributed by atoms with Crippen LogP contribution in [0.15, 0.2) is 18.3 Å². The molecule has 2 aromatic rings. The Morgan fingerprint density at radius 2 is 2.00 bits per heavy atom. The van der Waals surface area contributed by atoms with Crippen molar-refractivity contribution in [3.8, 4) is 17.3 Å². The van der Waals surface area contributed by atoms with Gasteiger partial charge in [0.05, 0.1) is 17.7 Å². The molecule has 1 atom stereocenters. The molecule has 1 aliphatic heterocycles. The minimum absolute atomic E-state index is 0.110. The molecular weight excluding hydrogens is 429 g/mol. The molecule has 0 aromatic carbocycles. The van der Waals surface area contributed by atoms with Crippen molar-refractivity contribution in [2.45, 2.75) is 52.2 Å². The zero-order valence-electron chi connectivity index (χ0n) is 19.5. The van der Waals surface area contributed by atoms with E-state index in [-0.39, 0.29) is 24.6 Å². The van der Waals surface area contributed by atoms with E-state index in [2.05, 4.69) is 20.3 Å². The minimum atomic E-state index is -1.62. The van der Waals surface area contributed by atoms with Crippen LogP contribution in [0.3, 0.4) is 0 Å². The molecule has 0 radical (unpaired) electrons. The maximum atomic E-state index is 12.6. The summed E-state index contributed by atoms with van der Waals surface area (Å²) in [7, 11) is 0.167. The Bertz CT molecular complexity index is 1030. The number of ether oxygens (including phenoxy) is 1. The smallest absolute Gasteiger partial charge is 0.397 e. The highest BCUT2D eigenvalue weighted by atomic mass is 31.1. The highest BCUT2D eigenvalue weighted by Crippen LogP contribution is 2.35. The van der Waals surface area contributed by atoms with Gasteiger partial charge in [0.1, 0.15) is 23.9 Å². The van der Waals surface area contributed by atoms with Crippen LogP contribution in [0.5, 0.6) is 5.75 Å². The van der Waals surface area contributed by atoms with Gasteiger partial charge in [0.25, 0.3) is 5.44 Å². The van der Waals surface area contributed by atoms with Gasteiger partial charge in [-0.05, 0) is 40.7 Å². The summed E-state index contributed by atoms with van der Waals surface area (Å²) in [6, 6.07) is 3.37. The Kier molecular flexibility index (Phi) is 6.81. The first-order chi connectivity index (χ1) is 14.8. The van der Waals surface area contributed by atoms with Crippen LogP contribution >= 0.6 is 7.80 Å². The number of carbonyl (C=O) groups is 1. The van der Waals surface area contributed by atoms with Crippen molar-refractivity contribution in [3.05, 3.63) is 23.9 Å². The van der Waals surface area contributed by atoms with E-state index in [0.29, 0.717) is 41.1 Å². The van der Waals surface area contributed by atoms with Crippen LogP contribution in [0.1, 0.15) is 40.2 Å². The number of pyridine rings is 1.